The fraction of sp³-hybridized carbons (Fsp3) is 0.714. The van der Waals surface area contributed by atoms with Crippen LogP contribution in [-0.2, 0) is 18.4 Å². The molecule has 104 valence electrons. The van der Waals surface area contributed by atoms with Crippen molar-refractivity contribution in [3.8, 4) is 0 Å². The molecule has 0 unspecified atom stereocenters. The Hall–Kier alpha value is -1.36. The maximum absolute atomic E-state index is 12.3. The molecular weight excluding hydrogens is 240 g/mol. The van der Waals surface area contributed by atoms with Gasteiger partial charge < -0.3 is 14.8 Å². The van der Waals surface area contributed by atoms with Gasteiger partial charge in [-0.15, -0.1) is 0 Å². The third kappa shape index (κ3) is 3.35. The summed E-state index contributed by atoms with van der Waals surface area (Å²) >= 11 is 0. The Morgan fingerprint density at radius 1 is 1.47 bits per heavy atom. The third-order valence-electron chi connectivity index (χ3n) is 3.95. The zero-order valence-corrected chi connectivity index (χ0v) is 11.5. The van der Waals surface area contributed by atoms with E-state index < -0.39 is 0 Å². The van der Waals surface area contributed by atoms with Crippen LogP contribution in [0.5, 0.6) is 0 Å². The second kappa shape index (κ2) is 5.33. The fourth-order valence-electron chi connectivity index (χ4n) is 2.32. The first-order valence-corrected chi connectivity index (χ1v) is 7.20. The molecule has 1 aromatic heterocycles. The zero-order chi connectivity index (χ0) is 13.2. The van der Waals surface area contributed by atoms with Gasteiger partial charge in [0.05, 0.1) is 13.1 Å². The molecule has 19 heavy (non-hydrogen) atoms. The van der Waals surface area contributed by atoms with E-state index in [4.69, 9.17) is 0 Å². The number of amides is 1. The SMILES string of the molecule is Cn1ccnc1CN(C(=O)CNCC1CC1)C1CC1. The molecule has 2 saturated carbocycles. The number of aryl methyl sites for hydroxylation is 1. The highest BCUT2D eigenvalue weighted by atomic mass is 16.2. The van der Waals surface area contributed by atoms with Crippen LogP contribution < -0.4 is 5.32 Å². The van der Waals surface area contributed by atoms with Gasteiger partial charge in [-0.05, 0) is 38.1 Å². The van der Waals surface area contributed by atoms with Crippen molar-refractivity contribution < 1.29 is 4.79 Å². The van der Waals surface area contributed by atoms with Crippen LogP contribution in [-0.4, -0.2) is 39.5 Å². The van der Waals surface area contributed by atoms with Crippen molar-refractivity contribution >= 4 is 5.91 Å². The highest BCUT2D eigenvalue weighted by Gasteiger charge is 2.33. The summed E-state index contributed by atoms with van der Waals surface area (Å²) in [5.41, 5.74) is 0. The summed E-state index contributed by atoms with van der Waals surface area (Å²) in [6.45, 7) is 2.10. The summed E-state index contributed by atoms with van der Waals surface area (Å²) in [5, 5.41) is 3.29. The van der Waals surface area contributed by atoms with Crippen molar-refractivity contribution in [3.63, 3.8) is 0 Å². The van der Waals surface area contributed by atoms with Gasteiger partial charge in [-0.3, -0.25) is 4.79 Å². The molecule has 0 aromatic carbocycles. The maximum atomic E-state index is 12.3. The molecule has 0 bridgehead atoms. The summed E-state index contributed by atoms with van der Waals surface area (Å²) in [7, 11) is 1.98. The first-order valence-electron chi connectivity index (χ1n) is 7.20. The highest BCUT2D eigenvalue weighted by Crippen LogP contribution is 2.29. The number of nitrogens with zero attached hydrogens (tertiary/aromatic N) is 3. The van der Waals surface area contributed by atoms with Crippen LogP contribution in [0.15, 0.2) is 12.4 Å². The fourth-order valence-corrected chi connectivity index (χ4v) is 2.32. The molecule has 0 radical (unpaired) electrons. The normalized spacial score (nSPS) is 18.6. The van der Waals surface area contributed by atoms with Crippen LogP contribution in [0.4, 0.5) is 0 Å². The zero-order valence-electron chi connectivity index (χ0n) is 11.5. The molecule has 0 atom stereocenters. The molecule has 1 aromatic rings. The van der Waals surface area contributed by atoms with Gasteiger partial charge in [0.2, 0.25) is 5.91 Å². The lowest BCUT2D eigenvalue weighted by Gasteiger charge is -2.22. The van der Waals surface area contributed by atoms with Crippen molar-refractivity contribution in [2.45, 2.75) is 38.3 Å². The molecule has 1 N–H and O–H groups in total. The van der Waals surface area contributed by atoms with Crippen molar-refractivity contribution in [3.05, 3.63) is 18.2 Å². The number of hydrogen-bond donors (Lipinski definition) is 1. The first kappa shape index (κ1) is 12.7. The topological polar surface area (TPSA) is 50.2 Å². The second-order valence-electron chi connectivity index (χ2n) is 5.78. The summed E-state index contributed by atoms with van der Waals surface area (Å²) in [6, 6.07) is 0.437. The molecule has 2 aliphatic carbocycles. The van der Waals surface area contributed by atoms with Crippen molar-refractivity contribution in [2.75, 3.05) is 13.1 Å². The van der Waals surface area contributed by atoms with Gasteiger partial charge in [-0.25, -0.2) is 4.98 Å². The average Bonchev–Trinajstić information content (AvgIpc) is 3.28. The van der Waals surface area contributed by atoms with Crippen LogP contribution in [0.2, 0.25) is 0 Å². The monoisotopic (exact) mass is 262 g/mol. The standard InChI is InChI=1S/C14H22N4O/c1-17-7-6-16-13(17)10-18(12-4-5-12)14(19)9-15-8-11-2-3-11/h6-7,11-12,15H,2-5,8-10H2,1H3. The molecule has 5 nitrogen and oxygen atoms in total. The molecule has 0 aliphatic heterocycles. The van der Waals surface area contributed by atoms with Crippen molar-refractivity contribution in [1.29, 1.82) is 0 Å². The number of nitrogens with one attached hydrogen (secondary N) is 1. The molecule has 2 aliphatic rings. The molecule has 2 fully saturated rings. The van der Waals surface area contributed by atoms with Gasteiger partial charge >= 0.3 is 0 Å². The van der Waals surface area contributed by atoms with Crippen LogP contribution in [0, 0.1) is 5.92 Å². The van der Waals surface area contributed by atoms with Gasteiger partial charge in [0.15, 0.2) is 0 Å². The van der Waals surface area contributed by atoms with Crippen LogP contribution >= 0.6 is 0 Å². The molecule has 3 rings (SSSR count). The lowest BCUT2D eigenvalue weighted by atomic mass is 10.3. The Morgan fingerprint density at radius 2 is 2.26 bits per heavy atom. The van der Waals surface area contributed by atoms with E-state index in [-0.39, 0.29) is 5.91 Å². The Labute approximate surface area is 114 Å². The van der Waals surface area contributed by atoms with Gasteiger partial charge in [0.25, 0.3) is 0 Å². The van der Waals surface area contributed by atoms with Crippen LogP contribution in [0.25, 0.3) is 0 Å². The lowest BCUT2D eigenvalue weighted by Crippen LogP contribution is -2.40. The Morgan fingerprint density at radius 3 is 2.84 bits per heavy atom. The quantitative estimate of drug-likeness (QED) is 0.794. The second-order valence-corrected chi connectivity index (χ2v) is 5.78. The van der Waals surface area contributed by atoms with E-state index in [2.05, 4.69) is 10.3 Å². The van der Waals surface area contributed by atoms with E-state index >= 15 is 0 Å². The first-order chi connectivity index (χ1) is 9.24. The average molecular weight is 262 g/mol. The number of hydrogen-bond acceptors (Lipinski definition) is 3. The lowest BCUT2D eigenvalue weighted by molar-refractivity contribution is -0.131. The smallest absolute Gasteiger partial charge is 0.237 e. The number of rotatable bonds is 7. The van der Waals surface area contributed by atoms with Crippen LogP contribution in [0.1, 0.15) is 31.5 Å². The van der Waals surface area contributed by atoms with Gasteiger partial charge in [-0.2, -0.15) is 0 Å². The van der Waals surface area contributed by atoms with Crippen molar-refractivity contribution in [2.24, 2.45) is 13.0 Å². The van der Waals surface area contributed by atoms with E-state index in [1.165, 1.54) is 12.8 Å². The summed E-state index contributed by atoms with van der Waals surface area (Å²) in [6.07, 6.45) is 8.63. The molecule has 1 amide bonds. The largest absolute Gasteiger partial charge is 0.337 e. The Balaban J connectivity index is 1.53. The van der Waals surface area contributed by atoms with Gasteiger partial charge in [-0.1, -0.05) is 0 Å². The van der Waals surface area contributed by atoms with E-state index in [9.17, 15) is 4.79 Å². The van der Waals surface area contributed by atoms with E-state index in [1.54, 1.807) is 6.20 Å². The number of carbonyl (C=O) groups excluding carboxylic acids is 1. The minimum absolute atomic E-state index is 0.214. The highest BCUT2D eigenvalue weighted by molar-refractivity contribution is 5.78. The number of aromatic nitrogens is 2. The number of imidazole rings is 1. The van der Waals surface area contributed by atoms with E-state index in [0.717, 1.165) is 31.1 Å². The summed E-state index contributed by atoms with van der Waals surface area (Å²) < 4.78 is 1.99. The predicted octanol–water partition coefficient (Wildman–Crippen LogP) is 0.911. The van der Waals surface area contributed by atoms with Gasteiger partial charge in [0, 0.05) is 25.5 Å². The minimum Gasteiger partial charge on any atom is -0.337 e. The van der Waals surface area contributed by atoms with Gasteiger partial charge in [0.1, 0.15) is 5.82 Å². The Bertz CT molecular complexity index is 448. The van der Waals surface area contributed by atoms with Crippen molar-refractivity contribution in [1.82, 2.24) is 19.8 Å². The Kier molecular flexibility index (Phi) is 3.55. The molecule has 1 heterocycles. The third-order valence-corrected chi connectivity index (χ3v) is 3.95. The maximum Gasteiger partial charge on any atom is 0.237 e. The molecule has 0 spiro atoms. The molecule has 5 heteroatoms. The summed E-state index contributed by atoms with van der Waals surface area (Å²) in [5.74, 6) is 1.99. The molecular formula is C14H22N4O. The predicted molar refractivity (Wildman–Crippen MR) is 72.4 cm³/mol. The van der Waals surface area contributed by atoms with Crippen LogP contribution in [0.3, 0.4) is 0 Å². The molecule has 0 saturated heterocycles. The van der Waals surface area contributed by atoms with E-state index in [1.807, 2.05) is 22.7 Å². The minimum atomic E-state index is 0.214. The number of carbonyl (C=O) groups is 1. The van der Waals surface area contributed by atoms with E-state index in [0.29, 0.717) is 19.1 Å². The summed E-state index contributed by atoms with van der Waals surface area (Å²) in [4.78, 5) is 18.6.